The van der Waals surface area contributed by atoms with Crippen molar-refractivity contribution in [2.45, 2.75) is 26.3 Å². The van der Waals surface area contributed by atoms with Crippen LogP contribution in [0.15, 0.2) is 53.1 Å². The Labute approximate surface area is 156 Å². The maximum atomic E-state index is 12.0. The molecule has 0 unspecified atom stereocenters. The molecule has 0 radical (unpaired) electrons. The van der Waals surface area contributed by atoms with Crippen molar-refractivity contribution in [2.75, 3.05) is 5.32 Å². The second kappa shape index (κ2) is 8.01. The van der Waals surface area contributed by atoms with Gasteiger partial charge in [0, 0.05) is 27.9 Å². The lowest BCUT2D eigenvalue weighted by molar-refractivity contribution is 0.249. The molecule has 0 bridgehead atoms. The molecule has 2 N–H and O–H groups in total. The second-order valence-electron chi connectivity index (χ2n) is 5.92. The van der Waals surface area contributed by atoms with E-state index in [4.69, 9.17) is 16.1 Å². The third-order valence-electron chi connectivity index (χ3n) is 3.87. The highest BCUT2D eigenvalue weighted by Crippen LogP contribution is 2.25. The van der Waals surface area contributed by atoms with Gasteiger partial charge in [0.2, 0.25) is 5.82 Å². The predicted octanol–water partition coefficient (Wildman–Crippen LogP) is 4.98. The molecule has 0 fully saturated rings. The Kier molecular flexibility index (Phi) is 5.53. The minimum atomic E-state index is -0.246. The van der Waals surface area contributed by atoms with E-state index in [2.05, 4.69) is 20.8 Å². The summed E-state index contributed by atoms with van der Waals surface area (Å²) in [6.07, 6.45) is 0.864. The smallest absolute Gasteiger partial charge is 0.319 e. The quantitative estimate of drug-likeness (QED) is 0.664. The fourth-order valence-electron chi connectivity index (χ4n) is 2.31. The summed E-state index contributed by atoms with van der Waals surface area (Å²) < 4.78 is 5.33. The van der Waals surface area contributed by atoms with Crippen LogP contribution in [0.2, 0.25) is 5.02 Å². The van der Waals surface area contributed by atoms with Gasteiger partial charge < -0.3 is 15.2 Å². The van der Waals surface area contributed by atoms with Crippen LogP contribution in [0.5, 0.6) is 0 Å². The average molecular weight is 371 g/mol. The van der Waals surface area contributed by atoms with E-state index in [0.29, 0.717) is 22.4 Å². The lowest BCUT2D eigenvalue weighted by atomic mass is 10.2. The van der Waals surface area contributed by atoms with Crippen LogP contribution in [-0.2, 0) is 0 Å². The van der Waals surface area contributed by atoms with E-state index in [1.165, 1.54) is 0 Å². The molecule has 2 aromatic carbocycles. The zero-order valence-corrected chi connectivity index (χ0v) is 15.2. The van der Waals surface area contributed by atoms with Crippen molar-refractivity contribution in [1.29, 1.82) is 0 Å². The van der Waals surface area contributed by atoms with E-state index in [0.717, 1.165) is 17.5 Å². The maximum Gasteiger partial charge on any atom is 0.319 e. The van der Waals surface area contributed by atoms with Crippen molar-refractivity contribution in [2.24, 2.45) is 0 Å². The normalized spacial score (nSPS) is 11.8. The molecule has 7 heteroatoms. The molecule has 134 valence electrons. The van der Waals surface area contributed by atoms with Gasteiger partial charge >= 0.3 is 6.03 Å². The number of rotatable bonds is 5. The summed E-state index contributed by atoms with van der Waals surface area (Å²) in [5.41, 5.74) is 2.14. The third kappa shape index (κ3) is 4.40. The SMILES string of the molecule is CC[C@H](C)NC(=O)Nc1cccc(-c2noc(-c3cccc(Cl)c3)n2)c1. The summed E-state index contributed by atoms with van der Waals surface area (Å²) >= 11 is 6.00. The number of urea groups is 1. The minimum Gasteiger partial charge on any atom is -0.335 e. The van der Waals surface area contributed by atoms with Gasteiger partial charge in [-0.05, 0) is 43.7 Å². The lowest BCUT2D eigenvalue weighted by Crippen LogP contribution is -2.35. The van der Waals surface area contributed by atoms with Crippen LogP contribution in [0, 0.1) is 0 Å². The fraction of sp³-hybridized carbons (Fsp3) is 0.211. The van der Waals surface area contributed by atoms with Gasteiger partial charge in [0.15, 0.2) is 0 Å². The molecular formula is C19H19ClN4O2. The van der Waals surface area contributed by atoms with E-state index in [1.54, 1.807) is 24.3 Å². The van der Waals surface area contributed by atoms with Crippen LogP contribution in [-0.4, -0.2) is 22.2 Å². The van der Waals surface area contributed by atoms with Gasteiger partial charge in [0.05, 0.1) is 0 Å². The summed E-state index contributed by atoms with van der Waals surface area (Å²) in [6.45, 7) is 3.96. The van der Waals surface area contributed by atoms with E-state index in [1.807, 2.05) is 38.1 Å². The number of carbonyl (C=O) groups excluding carboxylic acids is 1. The van der Waals surface area contributed by atoms with E-state index in [-0.39, 0.29) is 12.1 Å². The van der Waals surface area contributed by atoms with Gasteiger partial charge in [-0.2, -0.15) is 4.98 Å². The number of hydrogen-bond acceptors (Lipinski definition) is 4. The number of carbonyl (C=O) groups is 1. The van der Waals surface area contributed by atoms with Gasteiger partial charge in [-0.3, -0.25) is 0 Å². The average Bonchev–Trinajstić information content (AvgIpc) is 3.12. The maximum absolute atomic E-state index is 12.0. The summed E-state index contributed by atoms with van der Waals surface area (Å²) in [7, 11) is 0. The zero-order valence-electron chi connectivity index (χ0n) is 14.5. The largest absolute Gasteiger partial charge is 0.335 e. The molecule has 6 nitrogen and oxygen atoms in total. The first kappa shape index (κ1) is 17.9. The highest BCUT2D eigenvalue weighted by molar-refractivity contribution is 6.30. The first-order valence-electron chi connectivity index (χ1n) is 8.32. The lowest BCUT2D eigenvalue weighted by Gasteiger charge is -2.12. The number of halogens is 1. The zero-order chi connectivity index (χ0) is 18.5. The first-order chi connectivity index (χ1) is 12.5. The Hall–Kier alpha value is -2.86. The molecule has 0 spiro atoms. The van der Waals surface area contributed by atoms with Gasteiger partial charge in [-0.25, -0.2) is 4.79 Å². The number of anilines is 1. The van der Waals surface area contributed by atoms with Gasteiger partial charge in [-0.15, -0.1) is 0 Å². The number of hydrogen-bond donors (Lipinski definition) is 2. The second-order valence-corrected chi connectivity index (χ2v) is 6.36. The Morgan fingerprint density at radius 1 is 1.19 bits per heavy atom. The van der Waals surface area contributed by atoms with E-state index in [9.17, 15) is 4.79 Å². The molecule has 3 aromatic rings. The van der Waals surface area contributed by atoms with Crippen molar-refractivity contribution < 1.29 is 9.32 Å². The van der Waals surface area contributed by atoms with Crippen molar-refractivity contribution in [1.82, 2.24) is 15.5 Å². The molecule has 26 heavy (non-hydrogen) atoms. The monoisotopic (exact) mass is 370 g/mol. The Balaban J connectivity index is 1.77. The van der Waals surface area contributed by atoms with Crippen LogP contribution in [0.1, 0.15) is 20.3 Å². The summed E-state index contributed by atoms with van der Waals surface area (Å²) in [6, 6.07) is 14.3. The van der Waals surface area contributed by atoms with Crippen molar-refractivity contribution in [3.63, 3.8) is 0 Å². The van der Waals surface area contributed by atoms with Gasteiger partial charge in [0.1, 0.15) is 0 Å². The number of benzene rings is 2. The molecule has 1 atom stereocenters. The Bertz CT molecular complexity index is 910. The molecule has 0 saturated heterocycles. The van der Waals surface area contributed by atoms with Gasteiger partial charge in [0.25, 0.3) is 5.89 Å². The molecular weight excluding hydrogens is 352 g/mol. The number of nitrogens with one attached hydrogen (secondary N) is 2. The fourth-order valence-corrected chi connectivity index (χ4v) is 2.50. The van der Waals surface area contributed by atoms with Crippen LogP contribution in [0.25, 0.3) is 22.8 Å². The molecule has 1 heterocycles. The van der Waals surface area contributed by atoms with Crippen LogP contribution in [0.4, 0.5) is 10.5 Å². The molecule has 2 amide bonds. The highest BCUT2D eigenvalue weighted by Gasteiger charge is 2.12. The molecule has 3 rings (SSSR count). The van der Waals surface area contributed by atoms with Crippen LogP contribution < -0.4 is 10.6 Å². The minimum absolute atomic E-state index is 0.107. The Morgan fingerprint density at radius 2 is 1.96 bits per heavy atom. The van der Waals surface area contributed by atoms with Crippen molar-refractivity contribution in [3.05, 3.63) is 53.6 Å². The topological polar surface area (TPSA) is 80.0 Å². The van der Waals surface area contributed by atoms with Crippen LogP contribution >= 0.6 is 11.6 Å². The van der Waals surface area contributed by atoms with Crippen LogP contribution in [0.3, 0.4) is 0 Å². The predicted molar refractivity (Wildman–Crippen MR) is 102 cm³/mol. The van der Waals surface area contributed by atoms with Crippen molar-refractivity contribution in [3.8, 4) is 22.8 Å². The molecule has 0 aliphatic carbocycles. The number of amides is 2. The highest BCUT2D eigenvalue weighted by atomic mass is 35.5. The van der Waals surface area contributed by atoms with E-state index < -0.39 is 0 Å². The number of nitrogens with zero attached hydrogens (tertiary/aromatic N) is 2. The molecule has 0 aliphatic rings. The van der Waals surface area contributed by atoms with Crippen molar-refractivity contribution >= 4 is 23.3 Å². The molecule has 0 saturated carbocycles. The van der Waals surface area contributed by atoms with Gasteiger partial charge in [-0.1, -0.05) is 41.9 Å². The third-order valence-corrected chi connectivity index (χ3v) is 4.10. The van der Waals surface area contributed by atoms with E-state index >= 15 is 0 Å². The first-order valence-corrected chi connectivity index (χ1v) is 8.70. The number of aromatic nitrogens is 2. The molecule has 1 aromatic heterocycles. The summed E-state index contributed by atoms with van der Waals surface area (Å²) in [4.78, 5) is 16.4. The summed E-state index contributed by atoms with van der Waals surface area (Å²) in [5.74, 6) is 0.821. The molecule has 0 aliphatic heterocycles. The summed E-state index contributed by atoms with van der Waals surface area (Å²) in [5, 5.41) is 10.3. The Morgan fingerprint density at radius 3 is 2.73 bits per heavy atom. The standard InChI is InChI=1S/C19H19ClN4O2/c1-3-12(2)21-19(25)22-16-9-5-6-13(11-16)17-23-18(26-24-17)14-7-4-8-15(20)10-14/h4-12H,3H2,1-2H3,(H2,21,22,25)/t12-/m0/s1.